The summed E-state index contributed by atoms with van der Waals surface area (Å²) >= 11 is 18.4. The number of fused-ring (bicyclic) bond motifs is 1. The molecule has 1 atom stereocenters. The smallest absolute Gasteiger partial charge is 0.254 e. The van der Waals surface area contributed by atoms with Crippen LogP contribution in [0.15, 0.2) is 94.6 Å². The summed E-state index contributed by atoms with van der Waals surface area (Å²) in [4.78, 5) is 31.7. The number of amides is 1. The molecule has 6 rings (SSSR count). The van der Waals surface area contributed by atoms with Crippen molar-refractivity contribution in [2.24, 2.45) is 0 Å². The molecule has 1 N–H and O–H groups in total. The van der Waals surface area contributed by atoms with Crippen LogP contribution in [0.4, 0.5) is 5.82 Å². The lowest BCUT2D eigenvalue weighted by Crippen LogP contribution is -2.34. The lowest BCUT2D eigenvalue weighted by molar-refractivity contribution is -0.119. The van der Waals surface area contributed by atoms with Gasteiger partial charge in [0, 0.05) is 23.1 Å². The first-order chi connectivity index (χ1) is 19.9. The van der Waals surface area contributed by atoms with Gasteiger partial charge in [-0.1, -0.05) is 81.6 Å². The summed E-state index contributed by atoms with van der Waals surface area (Å²) in [5, 5.41) is 16.1. The molecular weight excluding hydrogens is 589 g/mol. The molecule has 41 heavy (non-hydrogen) atoms. The Morgan fingerprint density at radius 2 is 1.83 bits per heavy atom. The van der Waals surface area contributed by atoms with Crippen LogP contribution in [0.3, 0.4) is 0 Å². The minimum absolute atomic E-state index is 0.193. The second-order valence-corrected chi connectivity index (χ2v) is 10.2. The first-order valence-corrected chi connectivity index (χ1v) is 13.4. The van der Waals surface area contributed by atoms with E-state index in [2.05, 4.69) is 25.8 Å². The van der Waals surface area contributed by atoms with E-state index in [0.717, 1.165) is 5.56 Å². The van der Waals surface area contributed by atoms with Crippen molar-refractivity contribution in [2.45, 2.75) is 12.5 Å². The molecule has 0 spiro atoms. The Labute approximate surface area is 247 Å². The molecule has 0 saturated carbocycles. The maximum atomic E-state index is 13.7. The van der Waals surface area contributed by atoms with Crippen LogP contribution < -0.4 is 10.9 Å². The van der Waals surface area contributed by atoms with Crippen molar-refractivity contribution in [3.63, 3.8) is 0 Å². The average Bonchev–Trinajstić information content (AvgIpc) is 3.59. The van der Waals surface area contributed by atoms with Crippen LogP contribution in [-0.4, -0.2) is 35.6 Å². The summed E-state index contributed by atoms with van der Waals surface area (Å²) < 4.78 is 8.06. The van der Waals surface area contributed by atoms with Crippen molar-refractivity contribution in [2.75, 3.05) is 5.32 Å². The van der Waals surface area contributed by atoms with Gasteiger partial charge in [0.05, 0.1) is 34.3 Å². The number of benzene rings is 3. The average molecular weight is 607 g/mol. The molecule has 13 heteroatoms. The molecule has 6 aromatic rings. The molecule has 0 aliphatic heterocycles. The predicted molar refractivity (Wildman–Crippen MR) is 156 cm³/mol. The van der Waals surface area contributed by atoms with Crippen LogP contribution in [0, 0.1) is 0 Å². The largest absolute Gasteiger partial charge is 0.352 e. The van der Waals surface area contributed by atoms with E-state index in [-0.39, 0.29) is 17.4 Å². The molecule has 1 amide bonds. The van der Waals surface area contributed by atoms with Gasteiger partial charge in [0.25, 0.3) is 5.56 Å². The molecule has 0 aliphatic carbocycles. The monoisotopic (exact) mass is 605 g/mol. The predicted octanol–water partition coefficient (Wildman–Crippen LogP) is 6.01. The highest BCUT2D eigenvalue weighted by Gasteiger charge is 2.25. The summed E-state index contributed by atoms with van der Waals surface area (Å²) in [5.74, 6) is -0.292. The standard InChI is InChI=1S/C28H18Cl3N7O3/c29-17-9-10-22(38-14-24(31)34-36-38)19(12-17)21-13-25(39)37(15-32-21)23(11-16-5-2-1-3-6-16)28(40)33-27-18-7-4-8-20(30)26(18)41-35-27/h1-10,12-15,23H,11H2,(H,33,35,40)/t23-/m0/s1. The first-order valence-electron chi connectivity index (χ1n) is 12.2. The summed E-state index contributed by atoms with van der Waals surface area (Å²) in [6.07, 6.45) is 3.07. The van der Waals surface area contributed by atoms with Crippen molar-refractivity contribution in [3.05, 3.63) is 116 Å². The molecule has 3 heterocycles. The van der Waals surface area contributed by atoms with E-state index in [1.54, 1.807) is 36.4 Å². The van der Waals surface area contributed by atoms with E-state index in [1.807, 2.05) is 30.3 Å². The van der Waals surface area contributed by atoms with Gasteiger partial charge in [-0.3, -0.25) is 14.2 Å². The van der Waals surface area contributed by atoms with Gasteiger partial charge in [0.15, 0.2) is 16.6 Å². The van der Waals surface area contributed by atoms with Crippen molar-refractivity contribution >= 4 is 57.5 Å². The van der Waals surface area contributed by atoms with Gasteiger partial charge in [0.2, 0.25) is 5.91 Å². The van der Waals surface area contributed by atoms with Crippen LogP contribution >= 0.6 is 34.8 Å². The maximum absolute atomic E-state index is 13.7. The van der Waals surface area contributed by atoms with Gasteiger partial charge in [0.1, 0.15) is 6.04 Å². The lowest BCUT2D eigenvalue weighted by Gasteiger charge is -2.19. The second-order valence-electron chi connectivity index (χ2n) is 9.01. The maximum Gasteiger partial charge on any atom is 0.254 e. The molecule has 204 valence electrons. The summed E-state index contributed by atoms with van der Waals surface area (Å²) in [7, 11) is 0. The molecule has 3 aromatic heterocycles. The fraction of sp³-hybridized carbons (Fsp3) is 0.0714. The number of carbonyl (C=O) groups is 1. The van der Waals surface area contributed by atoms with Gasteiger partial charge in [-0.2, -0.15) is 0 Å². The Hall–Kier alpha value is -4.51. The van der Waals surface area contributed by atoms with Crippen molar-refractivity contribution < 1.29 is 9.32 Å². The third-order valence-electron chi connectivity index (χ3n) is 6.38. The fourth-order valence-corrected chi connectivity index (χ4v) is 4.95. The Kier molecular flexibility index (Phi) is 7.27. The normalized spacial score (nSPS) is 12.0. The van der Waals surface area contributed by atoms with Crippen LogP contribution in [0.25, 0.3) is 27.9 Å². The number of para-hydroxylation sites is 1. The van der Waals surface area contributed by atoms with Crippen LogP contribution in [0.5, 0.6) is 0 Å². The molecule has 3 aromatic carbocycles. The van der Waals surface area contributed by atoms with Crippen LogP contribution in [-0.2, 0) is 11.2 Å². The van der Waals surface area contributed by atoms with Crippen molar-refractivity contribution in [1.29, 1.82) is 0 Å². The Morgan fingerprint density at radius 3 is 2.59 bits per heavy atom. The molecule has 0 saturated heterocycles. The number of hydrogen-bond donors (Lipinski definition) is 1. The van der Waals surface area contributed by atoms with Gasteiger partial charge in [-0.05, 0) is 35.9 Å². The molecule has 0 fully saturated rings. The number of nitrogens with one attached hydrogen (secondary N) is 1. The summed E-state index contributed by atoms with van der Waals surface area (Å²) in [6.45, 7) is 0. The van der Waals surface area contributed by atoms with E-state index < -0.39 is 17.5 Å². The Morgan fingerprint density at radius 1 is 1.00 bits per heavy atom. The number of hydrogen-bond acceptors (Lipinski definition) is 7. The van der Waals surface area contributed by atoms with Gasteiger partial charge in [-0.25, -0.2) is 9.67 Å². The number of nitrogens with zero attached hydrogens (tertiary/aromatic N) is 6. The highest BCUT2D eigenvalue weighted by atomic mass is 35.5. The zero-order valence-electron chi connectivity index (χ0n) is 20.9. The third kappa shape index (κ3) is 5.45. The number of anilines is 1. The summed E-state index contributed by atoms with van der Waals surface area (Å²) in [5.41, 5.74) is 2.15. The lowest BCUT2D eigenvalue weighted by atomic mass is 10.0. The molecular formula is C28H18Cl3N7O3. The first kappa shape index (κ1) is 26.7. The Bertz CT molecular complexity index is 1950. The minimum atomic E-state index is -0.967. The molecule has 10 nitrogen and oxygen atoms in total. The highest BCUT2D eigenvalue weighted by molar-refractivity contribution is 6.35. The van der Waals surface area contributed by atoms with E-state index >= 15 is 0 Å². The van der Waals surface area contributed by atoms with E-state index in [0.29, 0.717) is 38.0 Å². The van der Waals surface area contributed by atoms with Gasteiger partial charge >= 0.3 is 0 Å². The van der Waals surface area contributed by atoms with E-state index in [1.165, 1.54) is 27.8 Å². The Balaban J connectivity index is 1.39. The third-order valence-corrected chi connectivity index (χ3v) is 7.09. The van der Waals surface area contributed by atoms with Crippen LogP contribution in [0.1, 0.15) is 11.6 Å². The molecule has 0 bridgehead atoms. The summed E-state index contributed by atoms with van der Waals surface area (Å²) in [6, 6.07) is 19.9. The number of rotatable bonds is 7. The molecule has 0 unspecified atom stereocenters. The second kappa shape index (κ2) is 11.2. The number of aromatic nitrogens is 6. The van der Waals surface area contributed by atoms with E-state index in [4.69, 9.17) is 39.3 Å². The van der Waals surface area contributed by atoms with Crippen molar-refractivity contribution in [1.82, 2.24) is 29.7 Å². The van der Waals surface area contributed by atoms with Gasteiger partial charge < -0.3 is 9.84 Å². The number of halogens is 3. The van der Waals surface area contributed by atoms with Gasteiger partial charge in [-0.15, -0.1) is 5.10 Å². The van der Waals surface area contributed by atoms with Crippen molar-refractivity contribution in [3.8, 4) is 16.9 Å². The molecule has 0 radical (unpaired) electrons. The zero-order chi connectivity index (χ0) is 28.5. The zero-order valence-corrected chi connectivity index (χ0v) is 23.2. The highest BCUT2D eigenvalue weighted by Crippen LogP contribution is 2.30. The molecule has 0 aliphatic rings. The van der Waals surface area contributed by atoms with Crippen LogP contribution in [0.2, 0.25) is 15.2 Å². The SMILES string of the molecule is O=C(Nc1noc2c(Cl)cccc12)[C@H](Cc1ccccc1)n1cnc(-c2cc(Cl)ccc2-n2cc(Cl)nn2)cc1=O. The fourth-order valence-electron chi connectivity index (χ4n) is 4.44. The quantitative estimate of drug-likeness (QED) is 0.236. The topological polar surface area (TPSA) is 121 Å². The number of carbonyl (C=O) groups excluding carboxylic acids is 1. The van der Waals surface area contributed by atoms with E-state index in [9.17, 15) is 9.59 Å². The minimum Gasteiger partial charge on any atom is -0.352 e.